The first kappa shape index (κ1) is 11.7. The SMILES string of the molecule is CNS(=O)(=O)Cc1ccc(C)cc1Br. The third kappa shape index (κ3) is 3.08. The number of hydrogen-bond acceptors (Lipinski definition) is 2. The molecule has 0 fully saturated rings. The molecule has 0 radical (unpaired) electrons. The maximum Gasteiger partial charge on any atom is 0.215 e. The van der Waals surface area contributed by atoms with Gasteiger partial charge >= 0.3 is 0 Å². The number of hydrogen-bond donors (Lipinski definition) is 1. The first-order valence-corrected chi connectivity index (χ1v) is 6.55. The summed E-state index contributed by atoms with van der Waals surface area (Å²) in [4.78, 5) is 0. The van der Waals surface area contributed by atoms with Crippen LogP contribution in [-0.2, 0) is 15.8 Å². The van der Waals surface area contributed by atoms with Crippen LogP contribution in [0.4, 0.5) is 0 Å². The lowest BCUT2D eigenvalue weighted by Gasteiger charge is -2.05. The number of sulfonamides is 1. The predicted octanol–water partition coefficient (Wildman–Crippen LogP) is 1.81. The number of aryl methyl sites for hydroxylation is 1. The monoisotopic (exact) mass is 277 g/mol. The van der Waals surface area contributed by atoms with Gasteiger partial charge in [0.2, 0.25) is 10.0 Å². The van der Waals surface area contributed by atoms with E-state index in [1.165, 1.54) is 7.05 Å². The van der Waals surface area contributed by atoms with Gasteiger partial charge in [-0.3, -0.25) is 0 Å². The third-order valence-electron chi connectivity index (χ3n) is 1.87. The largest absolute Gasteiger partial charge is 0.218 e. The minimum absolute atomic E-state index is 0.00433. The Balaban J connectivity index is 2.99. The lowest BCUT2D eigenvalue weighted by Crippen LogP contribution is -2.20. The molecule has 0 aromatic heterocycles. The molecule has 14 heavy (non-hydrogen) atoms. The average Bonchev–Trinajstić information content (AvgIpc) is 2.10. The fraction of sp³-hybridized carbons (Fsp3) is 0.333. The topological polar surface area (TPSA) is 46.2 Å². The molecule has 0 saturated heterocycles. The molecule has 0 aliphatic rings. The molecule has 0 aliphatic carbocycles. The van der Waals surface area contributed by atoms with E-state index in [1.54, 1.807) is 0 Å². The first-order valence-electron chi connectivity index (χ1n) is 4.11. The fourth-order valence-electron chi connectivity index (χ4n) is 1.05. The van der Waals surface area contributed by atoms with Crippen molar-refractivity contribution in [2.45, 2.75) is 12.7 Å². The van der Waals surface area contributed by atoms with E-state index < -0.39 is 10.0 Å². The van der Waals surface area contributed by atoms with Crippen molar-refractivity contribution in [3.63, 3.8) is 0 Å². The van der Waals surface area contributed by atoms with E-state index in [4.69, 9.17) is 0 Å². The van der Waals surface area contributed by atoms with Crippen molar-refractivity contribution >= 4 is 26.0 Å². The van der Waals surface area contributed by atoms with Crippen LogP contribution in [0.3, 0.4) is 0 Å². The normalized spacial score (nSPS) is 11.6. The maximum absolute atomic E-state index is 11.3. The van der Waals surface area contributed by atoms with Gasteiger partial charge in [0.05, 0.1) is 5.75 Å². The second kappa shape index (κ2) is 4.42. The Labute approximate surface area is 92.7 Å². The first-order chi connectivity index (χ1) is 6.44. The minimum atomic E-state index is -3.19. The molecular weight excluding hydrogens is 266 g/mol. The summed E-state index contributed by atoms with van der Waals surface area (Å²) in [7, 11) is -1.77. The zero-order valence-corrected chi connectivity index (χ0v) is 10.4. The summed E-state index contributed by atoms with van der Waals surface area (Å²) >= 11 is 3.34. The highest BCUT2D eigenvalue weighted by molar-refractivity contribution is 9.10. The summed E-state index contributed by atoms with van der Waals surface area (Å²) in [6.07, 6.45) is 0. The molecule has 0 spiro atoms. The molecular formula is C9H12BrNO2S. The molecule has 0 amide bonds. The number of rotatable bonds is 3. The van der Waals surface area contributed by atoms with E-state index in [1.807, 2.05) is 25.1 Å². The van der Waals surface area contributed by atoms with E-state index in [0.717, 1.165) is 15.6 Å². The summed E-state index contributed by atoms with van der Waals surface area (Å²) in [5.74, 6) is 0.00433. The predicted molar refractivity (Wildman–Crippen MR) is 60.6 cm³/mol. The van der Waals surface area contributed by atoms with Gasteiger partial charge in [-0.1, -0.05) is 28.1 Å². The van der Waals surface area contributed by atoms with Crippen molar-refractivity contribution in [2.75, 3.05) is 7.05 Å². The molecule has 5 heteroatoms. The molecule has 0 aliphatic heterocycles. The zero-order chi connectivity index (χ0) is 10.8. The Bertz CT molecular complexity index is 428. The van der Waals surface area contributed by atoms with Gasteiger partial charge < -0.3 is 0 Å². The van der Waals surface area contributed by atoms with Crippen LogP contribution in [0.25, 0.3) is 0 Å². The van der Waals surface area contributed by atoms with Gasteiger partial charge in [-0.2, -0.15) is 0 Å². The quantitative estimate of drug-likeness (QED) is 0.916. The van der Waals surface area contributed by atoms with E-state index in [2.05, 4.69) is 20.7 Å². The van der Waals surface area contributed by atoms with Crippen LogP contribution in [0.15, 0.2) is 22.7 Å². The van der Waals surface area contributed by atoms with Gasteiger partial charge in [-0.05, 0) is 31.2 Å². The summed E-state index contributed by atoms with van der Waals surface area (Å²) in [5, 5.41) is 0. The smallest absolute Gasteiger partial charge is 0.215 e. The Morgan fingerprint density at radius 2 is 2.07 bits per heavy atom. The van der Waals surface area contributed by atoms with Crippen LogP contribution in [0.1, 0.15) is 11.1 Å². The Kier molecular flexibility index (Phi) is 3.69. The molecule has 78 valence electrons. The highest BCUT2D eigenvalue weighted by atomic mass is 79.9. The Morgan fingerprint density at radius 3 is 2.57 bits per heavy atom. The standard InChI is InChI=1S/C9H12BrNO2S/c1-7-3-4-8(9(10)5-7)6-14(12,13)11-2/h3-5,11H,6H2,1-2H3. The van der Waals surface area contributed by atoms with Crippen molar-refractivity contribution in [3.8, 4) is 0 Å². The molecule has 3 nitrogen and oxygen atoms in total. The highest BCUT2D eigenvalue weighted by Crippen LogP contribution is 2.19. The Morgan fingerprint density at radius 1 is 1.43 bits per heavy atom. The molecule has 1 N–H and O–H groups in total. The van der Waals surface area contributed by atoms with Crippen molar-refractivity contribution in [2.24, 2.45) is 0 Å². The van der Waals surface area contributed by atoms with Gasteiger partial charge in [-0.25, -0.2) is 13.1 Å². The number of halogens is 1. The van der Waals surface area contributed by atoms with Crippen molar-refractivity contribution in [1.82, 2.24) is 4.72 Å². The van der Waals surface area contributed by atoms with E-state index >= 15 is 0 Å². The zero-order valence-electron chi connectivity index (χ0n) is 8.04. The van der Waals surface area contributed by atoms with E-state index in [-0.39, 0.29) is 5.75 Å². The molecule has 1 aromatic rings. The van der Waals surface area contributed by atoms with Crippen molar-refractivity contribution < 1.29 is 8.42 Å². The van der Waals surface area contributed by atoms with Crippen LogP contribution in [0, 0.1) is 6.92 Å². The molecule has 0 saturated carbocycles. The van der Waals surface area contributed by atoms with Crippen LogP contribution in [-0.4, -0.2) is 15.5 Å². The summed E-state index contributed by atoms with van der Waals surface area (Å²) < 4.78 is 25.7. The highest BCUT2D eigenvalue weighted by Gasteiger charge is 2.10. The van der Waals surface area contributed by atoms with Crippen LogP contribution in [0.5, 0.6) is 0 Å². The third-order valence-corrected chi connectivity index (χ3v) is 3.92. The molecule has 0 unspecified atom stereocenters. The molecule has 1 rings (SSSR count). The van der Waals surface area contributed by atoms with Gasteiger partial charge in [0, 0.05) is 4.47 Å². The van der Waals surface area contributed by atoms with Crippen LogP contribution >= 0.6 is 15.9 Å². The van der Waals surface area contributed by atoms with Gasteiger partial charge in [0.1, 0.15) is 0 Å². The number of benzene rings is 1. The number of nitrogens with one attached hydrogen (secondary N) is 1. The maximum atomic E-state index is 11.3. The lowest BCUT2D eigenvalue weighted by atomic mass is 10.2. The minimum Gasteiger partial charge on any atom is -0.218 e. The second-order valence-corrected chi connectivity index (χ2v) is 5.84. The van der Waals surface area contributed by atoms with Gasteiger partial charge in [-0.15, -0.1) is 0 Å². The van der Waals surface area contributed by atoms with Crippen molar-refractivity contribution in [1.29, 1.82) is 0 Å². The summed E-state index contributed by atoms with van der Waals surface area (Å²) in [6.45, 7) is 1.96. The fourth-order valence-corrected chi connectivity index (χ4v) is 2.67. The van der Waals surface area contributed by atoms with Crippen LogP contribution < -0.4 is 4.72 Å². The molecule has 0 heterocycles. The van der Waals surface area contributed by atoms with Gasteiger partial charge in [0.15, 0.2) is 0 Å². The lowest BCUT2D eigenvalue weighted by molar-refractivity contribution is 0.587. The summed E-state index contributed by atoms with van der Waals surface area (Å²) in [5.41, 5.74) is 1.87. The van der Waals surface area contributed by atoms with E-state index in [9.17, 15) is 8.42 Å². The van der Waals surface area contributed by atoms with Gasteiger partial charge in [0.25, 0.3) is 0 Å². The van der Waals surface area contributed by atoms with Crippen LogP contribution in [0.2, 0.25) is 0 Å². The molecule has 0 atom stereocenters. The average molecular weight is 278 g/mol. The molecule has 1 aromatic carbocycles. The molecule has 0 bridgehead atoms. The second-order valence-electron chi connectivity index (χ2n) is 3.06. The van der Waals surface area contributed by atoms with Crippen molar-refractivity contribution in [3.05, 3.63) is 33.8 Å². The van der Waals surface area contributed by atoms with E-state index in [0.29, 0.717) is 0 Å². The summed E-state index contributed by atoms with van der Waals surface area (Å²) in [6, 6.07) is 5.61. The Hall–Kier alpha value is -0.390.